The Hall–Kier alpha value is -1.37. The van der Waals surface area contributed by atoms with Gasteiger partial charge in [-0.05, 0) is 71.1 Å². The van der Waals surface area contributed by atoms with Crippen LogP contribution in [0.2, 0.25) is 0 Å². The first kappa shape index (κ1) is 17.7. The predicted molar refractivity (Wildman–Crippen MR) is 108 cm³/mol. The van der Waals surface area contributed by atoms with E-state index in [9.17, 15) is 0 Å². The zero-order chi connectivity index (χ0) is 18.8. The summed E-state index contributed by atoms with van der Waals surface area (Å²) in [6.07, 6.45) is 4.91. The molecule has 5 nitrogen and oxygen atoms in total. The van der Waals surface area contributed by atoms with Gasteiger partial charge in [-0.25, -0.2) is 4.98 Å². The van der Waals surface area contributed by atoms with Crippen LogP contribution in [0.15, 0.2) is 18.2 Å². The zero-order valence-corrected chi connectivity index (χ0v) is 17.0. The fraction of sp³-hybridized carbons (Fsp3) is 0.667. The molecule has 0 bridgehead atoms. The summed E-state index contributed by atoms with van der Waals surface area (Å²) in [5.41, 5.74) is 2.75. The SMILES string of the molecule is CC1(C)OB(c2ccc3c(c2)nc2n3CCCN3CCCC3C2)OC1(C)C. The van der Waals surface area contributed by atoms with Crippen LogP contribution in [0.5, 0.6) is 0 Å². The van der Waals surface area contributed by atoms with Gasteiger partial charge in [0.25, 0.3) is 0 Å². The molecule has 1 unspecified atom stereocenters. The fourth-order valence-corrected chi connectivity index (χ4v) is 4.79. The number of fused-ring (bicyclic) bond motifs is 4. The van der Waals surface area contributed by atoms with Crippen LogP contribution in [0.3, 0.4) is 0 Å². The lowest BCUT2D eigenvalue weighted by Crippen LogP contribution is -2.41. The van der Waals surface area contributed by atoms with E-state index in [0.717, 1.165) is 23.9 Å². The predicted octanol–water partition coefficient (Wildman–Crippen LogP) is 2.75. The van der Waals surface area contributed by atoms with Crippen LogP contribution in [0.25, 0.3) is 11.0 Å². The maximum Gasteiger partial charge on any atom is 0.494 e. The number of benzene rings is 1. The van der Waals surface area contributed by atoms with Gasteiger partial charge in [-0.3, -0.25) is 4.90 Å². The highest BCUT2D eigenvalue weighted by Crippen LogP contribution is 2.36. The number of hydrogen-bond acceptors (Lipinski definition) is 4. The van der Waals surface area contributed by atoms with E-state index in [1.807, 2.05) is 0 Å². The molecule has 0 N–H and O–H groups in total. The summed E-state index contributed by atoms with van der Waals surface area (Å²) in [5, 5.41) is 0. The molecular formula is C21H30BN3O2. The molecule has 0 radical (unpaired) electrons. The average molecular weight is 367 g/mol. The molecule has 0 aliphatic carbocycles. The lowest BCUT2D eigenvalue weighted by molar-refractivity contribution is 0.00578. The van der Waals surface area contributed by atoms with Crippen molar-refractivity contribution in [2.75, 3.05) is 13.1 Å². The maximum absolute atomic E-state index is 6.23. The Labute approximate surface area is 162 Å². The van der Waals surface area contributed by atoms with Crippen LogP contribution >= 0.6 is 0 Å². The molecule has 5 rings (SSSR count). The van der Waals surface area contributed by atoms with E-state index >= 15 is 0 Å². The number of nitrogens with zero attached hydrogens (tertiary/aromatic N) is 3. The molecule has 1 atom stereocenters. The third-order valence-corrected chi connectivity index (χ3v) is 7.12. The van der Waals surface area contributed by atoms with E-state index in [1.54, 1.807) is 0 Å². The van der Waals surface area contributed by atoms with Crippen molar-refractivity contribution >= 4 is 23.6 Å². The van der Waals surface area contributed by atoms with E-state index in [0.29, 0.717) is 6.04 Å². The highest BCUT2D eigenvalue weighted by atomic mass is 16.7. The van der Waals surface area contributed by atoms with Gasteiger partial charge < -0.3 is 13.9 Å². The van der Waals surface area contributed by atoms with E-state index in [-0.39, 0.29) is 18.3 Å². The van der Waals surface area contributed by atoms with Crippen molar-refractivity contribution in [3.63, 3.8) is 0 Å². The molecule has 1 aromatic heterocycles. The fourth-order valence-electron chi connectivity index (χ4n) is 4.79. The van der Waals surface area contributed by atoms with Crippen molar-refractivity contribution in [1.29, 1.82) is 0 Å². The van der Waals surface area contributed by atoms with Crippen molar-refractivity contribution in [2.24, 2.45) is 0 Å². The lowest BCUT2D eigenvalue weighted by Gasteiger charge is -2.32. The number of hydrogen-bond donors (Lipinski definition) is 0. The van der Waals surface area contributed by atoms with E-state index in [1.165, 1.54) is 43.7 Å². The summed E-state index contributed by atoms with van der Waals surface area (Å²) in [7, 11) is -0.325. The summed E-state index contributed by atoms with van der Waals surface area (Å²) in [5.74, 6) is 1.24. The number of rotatable bonds is 1. The smallest absolute Gasteiger partial charge is 0.399 e. The van der Waals surface area contributed by atoms with Crippen molar-refractivity contribution < 1.29 is 9.31 Å². The van der Waals surface area contributed by atoms with Gasteiger partial charge in [-0.2, -0.15) is 0 Å². The summed E-state index contributed by atoms with van der Waals surface area (Å²) >= 11 is 0. The molecule has 144 valence electrons. The van der Waals surface area contributed by atoms with Gasteiger partial charge in [0.05, 0.1) is 22.2 Å². The normalized spacial score (nSPS) is 27.4. The Morgan fingerprint density at radius 3 is 2.56 bits per heavy atom. The van der Waals surface area contributed by atoms with Crippen LogP contribution in [0.4, 0.5) is 0 Å². The second kappa shape index (κ2) is 6.06. The third-order valence-electron chi connectivity index (χ3n) is 7.12. The Morgan fingerprint density at radius 1 is 1.04 bits per heavy atom. The van der Waals surface area contributed by atoms with Crippen molar-refractivity contribution in [2.45, 2.75) is 77.2 Å². The van der Waals surface area contributed by atoms with Gasteiger partial charge in [0.15, 0.2) is 0 Å². The Kier molecular flexibility index (Phi) is 3.98. The van der Waals surface area contributed by atoms with E-state index in [2.05, 4.69) is 55.4 Å². The molecule has 2 aromatic rings. The Balaban J connectivity index is 1.49. The highest BCUT2D eigenvalue weighted by molar-refractivity contribution is 6.62. The first-order valence-corrected chi connectivity index (χ1v) is 10.4. The molecule has 0 saturated carbocycles. The van der Waals surface area contributed by atoms with Crippen LogP contribution in [-0.4, -0.2) is 51.9 Å². The third kappa shape index (κ3) is 2.84. The quantitative estimate of drug-likeness (QED) is 0.727. The van der Waals surface area contributed by atoms with Crippen molar-refractivity contribution in [1.82, 2.24) is 14.5 Å². The van der Waals surface area contributed by atoms with E-state index < -0.39 is 0 Å². The van der Waals surface area contributed by atoms with Crippen LogP contribution in [0.1, 0.15) is 52.8 Å². The topological polar surface area (TPSA) is 39.5 Å². The molecule has 0 amide bonds. The Morgan fingerprint density at radius 2 is 1.78 bits per heavy atom. The molecule has 4 heterocycles. The number of aromatic nitrogens is 2. The first-order valence-electron chi connectivity index (χ1n) is 10.4. The molecule has 6 heteroatoms. The molecule has 1 aromatic carbocycles. The van der Waals surface area contributed by atoms with Crippen LogP contribution in [0, 0.1) is 0 Å². The number of aryl methyl sites for hydroxylation is 1. The van der Waals surface area contributed by atoms with Gasteiger partial charge in [-0.1, -0.05) is 6.07 Å². The largest absolute Gasteiger partial charge is 0.494 e. The summed E-state index contributed by atoms with van der Waals surface area (Å²) in [6, 6.07) is 7.20. The summed E-state index contributed by atoms with van der Waals surface area (Å²) < 4.78 is 14.9. The van der Waals surface area contributed by atoms with Crippen molar-refractivity contribution in [3.05, 3.63) is 24.0 Å². The second-order valence-electron chi connectivity index (χ2n) is 9.41. The Bertz CT molecular complexity index is 860. The van der Waals surface area contributed by atoms with Crippen LogP contribution < -0.4 is 5.46 Å². The standard InChI is InChI=1S/C21H30BN3O2/c1-20(2)21(3,4)27-22(26-20)15-8-9-18-17(13-15)23-19-14-16-7-5-10-24(16)11-6-12-25(18)19/h8-9,13,16H,5-7,10-12,14H2,1-4H3. The second-order valence-corrected chi connectivity index (χ2v) is 9.41. The lowest BCUT2D eigenvalue weighted by atomic mass is 9.79. The first-order chi connectivity index (χ1) is 12.8. The zero-order valence-electron chi connectivity index (χ0n) is 17.0. The summed E-state index contributed by atoms with van der Waals surface area (Å²) in [6.45, 7) is 11.9. The summed E-state index contributed by atoms with van der Waals surface area (Å²) in [4.78, 5) is 7.71. The molecule has 0 spiro atoms. The van der Waals surface area contributed by atoms with E-state index in [4.69, 9.17) is 14.3 Å². The average Bonchev–Trinajstić information content (AvgIpc) is 3.21. The van der Waals surface area contributed by atoms with Gasteiger partial charge in [0, 0.05) is 25.6 Å². The maximum atomic E-state index is 6.23. The molecule has 27 heavy (non-hydrogen) atoms. The molecule has 2 saturated heterocycles. The van der Waals surface area contributed by atoms with Gasteiger partial charge in [0.1, 0.15) is 5.82 Å². The van der Waals surface area contributed by atoms with Gasteiger partial charge in [-0.15, -0.1) is 0 Å². The molecular weight excluding hydrogens is 337 g/mol. The molecule has 2 fully saturated rings. The van der Waals surface area contributed by atoms with Gasteiger partial charge in [0.2, 0.25) is 0 Å². The number of imidazole rings is 1. The van der Waals surface area contributed by atoms with Crippen molar-refractivity contribution in [3.8, 4) is 0 Å². The van der Waals surface area contributed by atoms with Gasteiger partial charge >= 0.3 is 7.12 Å². The minimum atomic E-state index is -0.325. The van der Waals surface area contributed by atoms with Crippen LogP contribution in [-0.2, 0) is 22.3 Å². The highest BCUT2D eigenvalue weighted by Gasteiger charge is 2.51. The monoisotopic (exact) mass is 367 g/mol. The minimum absolute atomic E-state index is 0.318. The molecule has 3 aliphatic heterocycles. The minimum Gasteiger partial charge on any atom is -0.399 e. The molecule has 3 aliphatic rings.